The Morgan fingerprint density at radius 3 is 2.71 bits per heavy atom. The van der Waals surface area contributed by atoms with E-state index in [1.807, 2.05) is 20.8 Å². The molecule has 0 bridgehead atoms. The van der Waals surface area contributed by atoms with Gasteiger partial charge in [-0.05, 0) is 0 Å². The molecule has 3 nitrogen and oxygen atoms in total. The summed E-state index contributed by atoms with van der Waals surface area (Å²) in [6.45, 7) is 5.94. The maximum Gasteiger partial charge on any atom is 0.247 e. The zero-order valence-corrected chi connectivity index (χ0v) is 8.34. The van der Waals surface area contributed by atoms with E-state index in [4.69, 9.17) is 4.42 Å². The maximum atomic E-state index is 12.8. The van der Waals surface area contributed by atoms with Crippen LogP contribution in [0, 0.1) is 5.82 Å². The monoisotopic (exact) mass is 194 g/mol. The molecule has 0 saturated heterocycles. The first-order chi connectivity index (χ1) is 6.47. The van der Waals surface area contributed by atoms with Gasteiger partial charge in [-0.1, -0.05) is 20.8 Å². The lowest BCUT2D eigenvalue weighted by atomic mass is 9.97. The van der Waals surface area contributed by atoms with Crippen molar-refractivity contribution in [2.24, 2.45) is 0 Å². The van der Waals surface area contributed by atoms with E-state index in [1.165, 1.54) is 6.07 Å². The van der Waals surface area contributed by atoms with Crippen molar-refractivity contribution >= 4 is 11.2 Å². The largest absolute Gasteiger partial charge is 0.422 e. The lowest BCUT2D eigenvalue weighted by molar-refractivity contribution is 0.407. The fraction of sp³-hybridized carbons (Fsp3) is 0.400. The Labute approximate surface area is 81.0 Å². The molecular weight excluding hydrogens is 183 g/mol. The molecule has 0 fully saturated rings. The average molecular weight is 194 g/mol. The zero-order chi connectivity index (χ0) is 10.3. The van der Waals surface area contributed by atoms with Gasteiger partial charge in [0.15, 0.2) is 0 Å². The number of rotatable bonds is 0. The highest BCUT2D eigenvalue weighted by molar-refractivity contribution is 5.67. The summed E-state index contributed by atoms with van der Waals surface area (Å²) < 4.78 is 18.2. The van der Waals surface area contributed by atoms with Gasteiger partial charge in [0.25, 0.3) is 0 Å². The van der Waals surface area contributed by atoms with Gasteiger partial charge in [-0.15, -0.1) is 0 Å². The third kappa shape index (κ3) is 1.47. The van der Waals surface area contributed by atoms with E-state index in [0.717, 1.165) is 6.20 Å². The number of pyridine rings is 1. The summed E-state index contributed by atoms with van der Waals surface area (Å²) in [5.41, 5.74) is 0.670. The van der Waals surface area contributed by atoms with Crippen LogP contribution in [-0.4, -0.2) is 9.97 Å². The highest BCUT2D eigenvalue weighted by Crippen LogP contribution is 2.24. The molecule has 0 unspecified atom stereocenters. The molecule has 0 N–H and O–H groups in total. The topological polar surface area (TPSA) is 38.9 Å². The zero-order valence-electron chi connectivity index (χ0n) is 8.34. The van der Waals surface area contributed by atoms with E-state index in [2.05, 4.69) is 9.97 Å². The van der Waals surface area contributed by atoms with Crippen molar-refractivity contribution in [2.45, 2.75) is 26.2 Å². The van der Waals surface area contributed by atoms with Gasteiger partial charge >= 0.3 is 0 Å². The maximum absolute atomic E-state index is 12.8. The van der Waals surface area contributed by atoms with Crippen molar-refractivity contribution in [1.29, 1.82) is 0 Å². The van der Waals surface area contributed by atoms with Gasteiger partial charge in [-0.2, -0.15) is 0 Å². The highest BCUT2D eigenvalue weighted by Gasteiger charge is 2.21. The van der Waals surface area contributed by atoms with Crippen molar-refractivity contribution in [1.82, 2.24) is 9.97 Å². The number of fused-ring (bicyclic) bond motifs is 1. The summed E-state index contributed by atoms with van der Waals surface area (Å²) in [6.07, 6.45) is 1.12. The molecule has 2 aromatic rings. The molecule has 2 rings (SSSR count). The van der Waals surface area contributed by atoms with Crippen LogP contribution in [0.1, 0.15) is 26.7 Å². The van der Waals surface area contributed by atoms with Crippen molar-refractivity contribution in [3.63, 3.8) is 0 Å². The summed E-state index contributed by atoms with van der Waals surface area (Å²) in [5, 5.41) is 0. The normalized spacial score (nSPS) is 12.3. The summed E-state index contributed by atoms with van der Waals surface area (Å²) in [5.74, 6) is 0.178. The van der Waals surface area contributed by atoms with Crippen LogP contribution in [0.15, 0.2) is 16.7 Å². The smallest absolute Gasteiger partial charge is 0.247 e. The molecule has 74 valence electrons. The van der Waals surface area contributed by atoms with Crippen molar-refractivity contribution in [3.05, 3.63) is 24.0 Å². The van der Waals surface area contributed by atoms with Gasteiger partial charge in [0.2, 0.25) is 11.6 Å². The molecule has 0 aliphatic rings. The number of aromatic nitrogens is 2. The predicted molar refractivity (Wildman–Crippen MR) is 50.5 cm³/mol. The Hall–Kier alpha value is -1.45. The van der Waals surface area contributed by atoms with Crippen LogP contribution in [0.3, 0.4) is 0 Å². The molecule has 0 amide bonds. The van der Waals surface area contributed by atoms with Gasteiger partial charge < -0.3 is 4.42 Å². The molecular formula is C10H11FN2O. The summed E-state index contributed by atoms with van der Waals surface area (Å²) in [4.78, 5) is 7.99. The molecule has 0 aromatic carbocycles. The number of hydrogen-bond acceptors (Lipinski definition) is 3. The van der Waals surface area contributed by atoms with E-state index in [9.17, 15) is 4.39 Å². The Morgan fingerprint density at radius 2 is 2.07 bits per heavy atom. The first kappa shape index (κ1) is 9.12. The molecule has 0 radical (unpaired) electrons. The van der Waals surface area contributed by atoms with E-state index in [-0.39, 0.29) is 5.41 Å². The summed E-state index contributed by atoms with van der Waals surface area (Å²) in [7, 11) is 0. The minimum Gasteiger partial charge on any atom is -0.422 e. The molecule has 0 aliphatic heterocycles. The second-order valence-corrected chi connectivity index (χ2v) is 4.25. The highest BCUT2D eigenvalue weighted by atomic mass is 19.1. The lowest BCUT2D eigenvalue weighted by Crippen LogP contribution is -2.10. The van der Waals surface area contributed by atoms with E-state index >= 15 is 0 Å². The minimum absolute atomic E-state index is 0.183. The quantitative estimate of drug-likeness (QED) is 0.647. The molecule has 4 heteroatoms. The van der Waals surface area contributed by atoms with Crippen LogP contribution in [-0.2, 0) is 5.41 Å². The standard InChI is InChI=1S/C10H11FN2O/c1-10(2,3)9-13-7-4-6(11)5-12-8(7)14-9/h4-5H,1-3H3. The van der Waals surface area contributed by atoms with Crippen molar-refractivity contribution in [3.8, 4) is 0 Å². The lowest BCUT2D eigenvalue weighted by Gasteiger charge is -2.11. The number of oxazole rings is 1. The van der Waals surface area contributed by atoms with Gasteiger partial charge in [0, 0.05) is 11.5 Å². The Morgan fingerprint density at radius 1 is 1.36 bits per heavy atom. The van der Waals surface area contributed by atoms with Crippen LogP contribution in [0.25, 0.3) is 11.2 Å². The third-order valence-corrected chi connectivity index (χ3v) is 1.86. The van der Waals surface area contributed by atoms with Crippen molar-refractivity contribution < 1.29 is 8.81 Å². The molecule has 2 heterocycles. The summed E-state index contributed by atoms with van der Waals surface area (Å²) in [6, 6.07) is 1.32. The number of halogens is 1. The van der Waals surface area contributed by atoms with Gasteiger partial charge in [-0.3, -0.25) is 0 Å². The van der Waals surface area contributed by atoms with Crippen LogP contribution < -0.4 is 0 Å². The predicted octanol–water partition coefficient (Wildman–Crippen LogP) is 2.66. The van der Waals surface area contributed by atoms with E-state index < -0.39 is 5.82 Å². The fourth-order valence-corrected chi connectivity index (χ4v) is 1.12. The average Bonchev–Trinajstić information content (AvgIpc) is 2.45. The molecule has 0 spiro atoms. The SMILES string of the molecule is CC(C)(C)c1nc2cc(F)cnc2o1. The van der Waals surface area contributed by atoms with Crippen LogP contribution in [0.4, 0.5) is 4.39 Å². The first-order valence-electron chi connectivity index (χ1n) is 4.39. The minimum atomic E-state index is -0.397. The van der Waals surface area contributed by atoms with Crippen molar-refractivity contribution in [2.75, 3.05) is 0 Å². The van der Waals surface area contributed by atoms with Gasteiger partial charge in [0.05, 0.1) is 6.20 Å². The molecule has 2 aromatic heterocycles. The Kier molecular flexibility index (Phi) is 1.80. The van der Waals surface area contributed by atoms with Gasteiger partial charge in [-0.25, -0.2) is 14.4 Å². The molecule has 14 heavy (non-hydrogen) atoms. The Balaban J connectivity index is 2.63. The fourth-order valence-electron chi connectivity index (χ4n) is 1.12. The molecule has 0 aliphatic carbocycles. The molecule has 0 atom stereocenters. The first-order valence-corrected chi connectivity index (χ1v) is 4.39. The second kappa shape index (κ2) is 2.77. The Bertz CT molecular complexity index is 470. The van der Waals surface area contributed by atoms with Crippen LogP contribution in [0.5, 0.6) is 0 Å². The van der Waals surface area contributed by atoms with E-state index in [0.29, 0.717) is 17.1 Å². The van der Waals surface area contributed by atoms with Gasteiger partial charge in [0.1, 0.15) is 11.3 Å². The third-order valence-electron chi connectivity index (χ3n) is 1.86. The summed E-state index contributed by atoms with van der Waals surface area (Å²) >= 11 is 0. The number of nitrogens with zero attached hydrogens (tertiary/aromatic N) is 2. The second-order valence-electron chi connectivity index (χ2n) is 4.25. The molecule has 0 saturated carbocycles. The van der Waals surface area contributed by atoms with E-state index in [1.54, 1.807) is 0 Å². The number of hydrogen-bond donors (Lipinski definition) is 0. The van der Waals surface area contributed by atoms with Crippen LogP contribution >= 0.6 is 0 Å². The van der Waals surface area contributed by atoms with Crippen LogP contribution in [0.2, 0.25) is 0 Å².